The molecule has 2 aromatic rings. The summed E-state index contributed by atoms with van der Waals surface area (Å²) in [6, 6.07) is 7.12. The number of nitrogens with zero attached hydrogens (tertiary/aromatic N) is 2. The summed E-state index contributed by atoms with van der Waals surface area (Å²) in [4.78, 5) is 7.93. The summed E-state index contributed by atoms with van der Waals surface area (Å²) in [7, 11) is 1.57. The van der Waals surface area contributed by atoms with Gasteiger partial charge in [-0.05, 0) is 18.2 Å². The summed E-state index contributed by atoms with van der Waals surface area (Å²) in [6.45, 7) is 0. The normalized spacial score (nSPS) is 9.67. The van der Waals surface area contributed by atoms with Crippen LogP contribution in [-0.2, 0) is 0 Å². The van der Waals surface area contributed by atoms with E-state index in [0.29, 0.717) is 17.4 Å². The molecular weight excluding hydrogens is 192 g/mol. The van der Waals surface area contributed by atoms with Crippen LogP contribution in [0.3, 0.4) is 0 Å². The number of aromatic nitrogens is 2. The molecule has 0 saturated carbocycles. The minimum absolute atomic E-state index is 0.524. The predicted molar refractivity (Wildman–Crippen MR) is 55.1 cm³/mol. The molecule has 0 unspecified atom stereocenters. The van der Waals surface area contributed by atoms with E-state index in [0.717, 1.165) is 0 Å². The highest BCUT2D eigenvalue weighted by Crippen LogP contribution is 2.22. The molecule has 0 spiro atoms. The number of rotatable bonds is 3. The molecule has 4 heteroatoms. The third-order valence-corrected chi connectivity index (χ3v) is 1.79. The van der Waals surface area contributed by atoms with E-state index in [2.05, 4.69) is 9.97 Å². The van der Waals surface area contributed by atoms with Crippen molar-refractivity contribution in [2.24, 2.45) is 0 Å². The molecule has 0 radical (unpaired) electrons. The summed E-state index contributed by atoms with van der Waals surface area (Å²) in [5, 5.41) is 0. The summed E-state index contributed by atoms with van der Waals surface area (Å²) in [6.07, 6.45) is 4.97. The van der Waals surface area contributed by atoms with Gasteiger partial charge in [0.2, 0.25) is 5.88 Å². The zero-order valence-corrected chi connectivity index (χ0v) is 8.25. The van der Waals surface area contributed by atoms with E-state index in [1.807, 2.05) is 12.1 Å². The van der Waals surface area contributed by atoms with Crippen LogP contribution in [0.25, 0.3) is 0 Å². The van der Waals surface area contributed by atoms with Crippen molar-refractivity contribution in [2.45, 2.75) is 0 Å². The quantitative estimate of drug-likeness (QED) is 0.765. The lowest BCUT2D eigenvalue weighted by atomic mass is 10.4. The Morgan fingerprint density at radius 3 is 2.80 bits per heavy atom. The zero-order valence-electron chi connectivity index (χ0n) is 8.25. The van der Waals surface area contributed by atoms with Crippen LogP contribution in [0.5, 0.6) is 17.4 Å². The van der Waals surface area contributed by atoms with Crippen molar-refractivity contribution in [3.63, 3.8) is 0 Å². The predicted octanol–water partition coefficient (Wildman–Crippen LogP) is 2.28. The second-order valence-corrected chi connectivity index (χ2v) is 2.82. The van der Waals surface area contributed by atoms with Gasteiger partial charge in [-0.1, -0.05) is 0 Å². The monoisotopic (exact) mass is 202 g/mol. The minimum atomic E-state index is 0.524. The van der Waals surface area contributed by atoms with E-state index in [1.165, 1.54) is 0 Å². The Bertz CT molecular complexity index is 432. The second kappa shape index (κ2) is 4.41. The smallest absolute Gasteiger partial charge is 0.216 e. The Morgan fingerprint density at radius 1 is 1.13 bits per heavy atom. The van der Waals surface area contributed by atoms with Crippen molar-refractivity contribution in [3.05, 3.63) is 42.9 Å². The summed E-state index contributed by atoms with van der Waals surface area (Å²) < 4.78 is 10.5. The van der Waals surface area contributed by atoms with Crippen LogP contribution >= 0.6 is 0 Å². The molecule has 0 aliphatic carbocycles. The fourth-order valence-corrected chi connectivity index (χ4v) is 1.11. The van der Waals surface area contributed by atoms with E-state index in [1.54, 1.807) is 37.8 Å². The van der Waals surface area contributed by atoms with Gasteiger partial charge in [-0.25, -0.2) is 4.98 Å². The molecule has 2 heterocycles. The van der Waals surface area contributed by atoms with Crippen molar-refractivity contribution in [2.75, 3.05) is 7.11 Å². The maximum atomic E-state index is 5.54. The number of ether oxygens (including phenoxy) is 2. The van der Waals surface area contributed by atoms with Gasteiger partial charge < -0.3 is 9.47 Å². The molecule has 0 aliphatic rings. The molecule has 0 saturated heterocycles. The Kier molecular flexibility index (Phi) is 2.78. The highest BCUT2D eigenvalue weighted by atomic mass is 16.5. The zero-order chi connectivity index (χ0) is 10.5. The third kappa shape index (κ3) is 2.43. The molecule has 15 heavy (non-hydrogen) atoms. The van der Waals surface area contributed by atoms with Crippen LogP contribution in [0.1, 0.15) is 0 Å². The van der Waals surface area contributed by atoms with Crippen LogP contribution in [0, 0.1) is 0 Å². The van der Waals surface area contributed by atoms with E-state index in [4.69, 9.17) is 9.47 Å². The topological polar surface area (TPSA) is 44.2 Å². The highest BCUT2D eigenvalue weighted by molar-refractivity contribution is 5.31. The summed E-state index contributed by atoms with van der Waals surface area (Å²) >= 11 is 0. The van der Waals surface area contributed by atoms with Gasteiger partial charge in [-0.3, -0.25) is 4.98 Å². The Hall–Kier alpha value is -2.10. The highest BCUT2D eigenvalue weighted by Gasteiger charge is 1.99. The van der Waals surface area contributed by atoms with Gasteiger partial charge >= 0.3 is 0 Å². The Labute approximate surface area is 87.5 Å². The van der Waals surface area contributed by atoms with Crippen molar-refractivity contribution >= 4 is 0 Å². The van der Waals surface area contributed by atoms with E-state index >= 15 is 0 Å². The molecule has 0 amide bonds. The van der Waals surface area contributed by atoms with Crippen LogP contribution in [0.15, 0.2) is 42.9 Å². The second-order valence-electron chi connectivity index (χ2n) is 2.82. The average molecular weight is 202 g/mol. The molecule has 2 rings (SSSR count). The lowest BCUT2D eigenvalue weighted by molar-refractivity contribution is 0.392. The van der Waals surface area contributed by atoms with Gasteiger partial charge in [-0.2, -0.15) is 0 Å². The van der Waals surface area contributed by atoms with Gasteiger partial charge in [0.05, 0.1) is 13.3 Å². The molecule has 0 atom stereocenters. The molecular formula is C11H10N2O2. The molecule has 4 nitrogen and oxygen atoms in total. The number of methoxy groups -OCH3 is 1. The Balaban J connectivity index is 2.17. The number of pyridine rings is 2. The molecule has 2 aromatic heterocycles. The van der Waals surface area contributed by atoms with Gasteiger partial charge in [0.1, 0.15) is 11.5 Å². The van der Waals surface area contributed by atoms with Crippen molar-refractivity contribution < 1.29 is 9.47 Å². The van der Waals surface area contributed by atoms with Gasteiger partial charge in [-0.15, -0.1) is 0 Å². The SMILES string of the molecule is COc1cc(Oc2cccnc2)ccn1. The van der Waals surface area contributed by atoms with Crippen molar-refractivity contribution in [1.29, 1.82) is 0 Å². The van der Waals surface area contributed by atoms with Crippen molar-refractivity contribution in [1.82, 2.24) is 9.97 Å². The van der Waals surface area contributed by atoms with Crippen molar-refractivity contribution in [3.8, 4) is 17.4 Å². The number of hydrogen-bond acceptors (Lipinski definition) is 4. The lowest BCUT2D eigenvalue weighted by Gasteiger charge is -2.05. The number of hydrogen-bond donors (Lipinski definition) is 0. The fraction of sp³-hybridized carbons (Fsp3) is 0.0909. The van der Waals surface area contributed by atoms with Crippen LogP contribution < -0.4 is 9.47 Å². The molecule has 0 bridgehead atoms. The first-order valence-corrected chi connectivity index (χ1v) is 4.46. The fourth-order valence-electron chi connectivity index (χ4n) is 1.11. The Morgan fingerprint density at radius 2 is 2.07 bits per heavy atom. The first-order chi connectivity index (χ1) is 7.38. The molecule has 0 fully saturated rings. The average Bonchev–Trinajstić information content (AvgIpc) is 2.31. The molecule has 0 N–H and O–H groups in total. The van der Waals surface area contributed by atoms with Crippen LogP contribution in [-0.4, -0.2) is 17.1 Å². The first kappa shape index (κ1) is 9.45. The van der Waals surface area contributed by atoms with Gasteiger partial charge in [0.15, 0.2) is 0 Å². The first-order valence-electron chi connectivity index (χ1n) is 4.46. The molecule has 0 aromatic carbocycles. The van der Waals surface area contributed by atoms with Gasteiger partial charge in [0.25, 0.3) is 0 Å². The van der Waals surface area contributed by atoms with Gasteiger partial charge in [0, 0.05) is 18.5 Å². The minimum Gasteiger partial charge on any atom is -0.481 e. The summed E-state index contributed by atoms with van der Waals surface area (Å²) in [5.74, 6) is 1.89. The van der Waals surface area contributed by atoms with Crippen LogP contribution in [0.2, 0.25) is 0 Å². The lowest BCUT2D eigenvalue weighted by Crippen LogP contribution is -1.89. The molecule has 76 valence electrons. The summed E-state index contributed by atoms with van der Waals surface area (Å²) in [5.41, 5.74) is 0. The largest absolute Gasteiger partial charge is 0.481 e. The maximum absolute atomic E-state index is 5.54. The van der Waals surface area contributed by atoms with Crippen LogP contribution in [0.4, 0.5) is 0 Å². The maximum Gasteiger partial charge on any atom is 0.216 e. The standard InChI is InChI=1S/C11H10N2O2/c1-14-11-7-9(4-6-13-11)15-10-3-2-5-12-8-10/h2-8H,1H3. The van der Waals surface area contributed by atoms with E-state index in [9.17, 15) is 0 Å². The third-order valence-electron chi connectivity index (χ3n) is 1.79. The van der Waals surface area contributed by atoms with E-state index < -0.39 is 0 Å². The van der Waals surface area contributed by atoms with E-state index in [-0.39, 0.29) is 0 Å². The molecule has 0 aliphatic heterocycles.